The average Bonchev–Trinajstić information content (AvgIpc) is 2.66. The summed E-state index contributed by atoms with van der Waals surface area (Å²) in [7, 11) is 0. The van der Waals surface area contributed by atoms with Gasteiger partial charge in [0.05, 0.1) is 0 Å². The van der Waals surface area contributed by atoms with E-state index in [4.69, 9.17) is 0 Å². The highest BCUT2D eigenvalue weighted by atomic mass is 15.2. The summed E-state index contributed by atoms with van der Waals surface area (Å²) in [6, 6.07) is 0.804. The maximum absolute atomic E-state index is 3.81. The molecule has 1 heterocycles. The van der Waals surface area contributed by atoms with Crippen LogP contribution in [0.1, 0.15) is 45.4 Å². The first-order valence-corrected chi connectivity index (χ1v) is 8.01. The molecule has 2 aliphatic rings. The third kappa shape index (κ3) is 5.25. The van der Waals surface area contributed by atoms with Crippen molar-refractivity contribution in [3.05, 3.63) is 0 Å². The number of hydrogen-bond donors (Lipinski definition) is 2. The lowest BCUT2D eigenvalue weighted by atomic mass is 10.1. The summed E-state index contributed by atoms with van der Waals surface area (Å²) in [4.78, 5) is 2.61. The van der Waals surface area contributed by atoms with Crippen LogP contribution in [0.15, 0.2) is 0 Å². The van der Waals surface area contributed by atoms with Crippen LogP contribution in [0.3, 0.4) is 0 Å². The van der Waals surface area contributed by atoms with Gasteiger partial charge in [0, 0.05) is 38.8 Å². The topological polar surface area (TPSA) is 27.3 Å². The van der Waals surface area contributed by atoms with E-state index in [0.29, 0.717) is 0 Å². The summed E-state index contributed by atoms with van der Waals surface area (Å²) in [5.74, 6) is 0.784. The van der Waals surface area contributed by atoms with E-state index < -0.39 is 0 Å². The number of piperazine rings is 1. The second-order valence-electron chi connectivity index (χ2n) is 6.25. The standard InChI is InChI=1S/C15H31N3/c1-14(13-18-10-8-16-9-11-18)12-17-15-6-4-2-3-5-7-15/h14-17H,2-13H2,1H3. The summed E-state index contributed by atoms with van der Waals surface area (Å²) in [6.07, 6.45) is 8.58. The zero-order valence-electron chi connectivity index (χ0n) is 12.1. The number of rotatable bonds is 5. The average molecular weight is 253 g/mol. The van der Waals surface area contributed by atoms with Gasteiger partial charge in [-0.15, -0.1) is 0 Å². The summed E-state index contributed by atoms with van der Waals surface area (Å²) in [6.45, 7) is 9.66. The molecule has 1 saturated carbocycles. The third-order valence-electron chi connectivity index (χ3n) is 4.39. The molecule has 2 fully saturated rings. The first-order chi connectivity index (χ1) is 8.84. The Bertz CT molecular complexity index is 206. The molecular weight excluding hydrogens is 222 g/mol. The second kappa shape index (κ2) is 8.13. The van der Waals surface area contributed by atoms with Crippen LogP contribution in [0.5, 0.6) is 0 Å². The molecule has 2 N–H and O–H groups in total. The molecule has 1 aliphatic heterocycles. The van der Waals surface area contributed by atoms with E-state index >= 15 is 0 Å². The summed E-state index contributed by atoms with van der Waals surface area (Å²) in [5, 5.41) is 7.23. The van der Waals surface area contributed by atoms with Crippen molar-refractivity contribution >= 4 is 0 Å². The van der Waals surface area contributed by atoms with Crippen molar-refractivity contribution in [2.24, 2.45) is 5.92 Å². The lowest BCUT2D eigenvalue weighted by Gasteiger charge is -2.30. The zero-order valence-corrected chi connectivity index (χ0v) is 12.1. The van der Waals surface area contributed by atoms with Crippen LogP contribution >= 0.6 is 0 Å². The van der Waals surface area contributed by atoms with Crippen LogP contribution in [0.2, 0.25) is 0 Å². The largest absolute Gasteiger partial charge is 0.314 e. The molecule has 1 saturated heterocycles. The second-order valence-corrected chi connectivity index (χ2v) is 6.25. The van der Waals surface area contributed by atoms with E-state index in [2.05, 4.69) is 22.5 Å². The van der Waals surface area contributed by atoms with Gasteiger partial charge in [0.25, 0.3) is 0 Å². The SMILES string of the molecule is CC(CNC1CCCCCC1)CN1CCNCC1. The molecule has 0 aromatic heterocycles. The number of hydrogen-bond acceptors (Lipinski definition) is 3. The predicted molar refractivity (Wildman–Crippen MR) is 78.0 cm³/mol. The van der Waals surface area contributed by atoms with Crippen molar-refractivity contribution < 1.29 is 0 Å². The maximum Gasteiger partial charge on any atom is 0.0107 e. The first-order valence-electron chi connectivity index (χ1n) is 8.01. The van der Waals surface area contributed by atoms with Crippen LogP contribution in [0, 0.1) is 5.92 Å². The molecule has 2 rings (SSSR count). The van der Waals surface area contributed by atoms with Crippen LogP contribution in [-0.4, -0.2) is 50.2 Å². The highest BCUT2D eigenvalue weighted by Gasteiger charge is 2.15. The van der Waals surface area contributed by atoms with Crippen molar-refractivity contribution in [1.29, 1.82) is 0 Å². The van der Waals surface area contributed by atoms with Crippen molar-refractivity contribution in [2.75, 3.05) is 39.3 Å². The summed E-state index contributed by atoms with van der Waals surface area (Å²) < 4.78 is 0. The Balaban J connectivity index is 1.59. The van der Waals surface area contributed by atoms with E-state index in [1.165, 1.54) is 77.8 Å². The molecule has 106 valence electrons. The van der Waals surface area contributed by atoms with Gasteiger partial charge < -0.3 is 15.5 Å². The fraction of sp³-hybridized carbons (Fsp3) is 1.00. The van der Waals surface area contributed by atoms with Gasteiger partial charge in [-0.25, -0.2) is 0 Å². The Morgan fingerprint density at radius 2 is 1.78 bits per heavy atom. The normalized spacial score (nSPS) is 25.8. The fourth-order valence-electron chi connectivity index (χ4n) is 3.25. The molecule has 1 unspecified atom stereocenters. The lowest BCUT2D eigenvalue weighted by molar-refractivity contribution is 0.206. The first kappa shape index (κ1) is 14.3. The van der Waals surface area contributed by atoms with Crippen LogP contribution in [0.25, 0.3) is 0 Å². The monoisotopic (exact) mass is 253 g/mol. The number of nitrogens with one attached hydrogen (secondary N) is 2. The zero-order chi connectivity index (χ0) is 12.6. The van der Waals surface area contributed by atoms with Crippen molar-refractivity contribution in [1.82, 2.24) is 15.5 Å². The minimum atomic E-state index is 0.784. The fourth-order valence-corrected chi connectivity index (χ4v) is 3.25. The molecule has 0 aromatic rings. The Hall–Kier alpha value is -0.120. The van der Waals surface area contributed by atoms with E-state index in [1.54, 1.807) is 0 Å². The lowest BCUT2D eigenvalue weighted by Crippen LogP contribution is -2.46. The molecule has 0 radical (unpaired) electrons. The highest BCUT2D eigenvalue weighted by molar-refractivity contribution is 4.74. The van der Waals surface area contributed by atoms with E-state index in [1.807, 2.05) is 0 Å². The minimum Gasteiger partial charge on any atom is -0.314 e. The van der Waals surface area contributed by atoms with Gasteiger partial charge in [-0.3, -0.25) is 0 Å². The van der Waals surface area contributed by atoms with Crippen molar-refractivity contribution in [2.45, 2.75) is 51.5 Å². The minimum absolute atomic E-state index is 0.784. The molecule has 0 bridgehead atoms. The molecule has 3 heteroatoms. The molecule has 0 spiro atoms. The molecule has 0 aromatic carbocycles. The van der Waals surface area contributed by atoms with Gasteiger partial charge in [-0.2, -0.15) is 0 Å². The van der Waals surface area contributed by atoms with E-state index in [9.17, 15) is 0 Å². The van der Waals surface area contributed by atoms with Gasteiger partial charge in [-0.05, 0) is 25.3 Å². The molecular formula is C15H31N3. The Labute approximate surface area is 113 Å². The Kier molecular flexibility index (Phi) is 6.46. The molecule has 0 amide bonds. The Morgan fingerprint density at radius 3 is 2.44 bits per heavy atom. The molecule has 1 atom stereocenters. The van der Waals surface area contributed by atoms with Crippen LogP contribution < -0.4 is 10.6 Å². The number of nitrogens with zero attached hydrogens (tertiary/aromatic N) is 1. The van der Waals surface area contributed by atoms with Crippen LogP contribution in [-0.2, 0) is 0 Å². The van der Waals surface area contributed by atoms with Crippen molar-refractivity contribution in [3.8, 4) is 0 Å². The van der Waals surface area contributed by atoms with E-state index in [-0.39, 0.29) is 0 Å². The van der Waals surface area contributed by atoms with Gasteiger partial charge in [0.15, 0.2) is 0 Å². The third-order valence-corrected chi connectivity index (χ3v) is 4.39. The molecule has 1 aliphatic carbocycles. The quantitative estimate of drug-likeness (QED) is 0.732. The predicted octanol–water partition coefficient (Wildman–Crippen LogP) is 1.84. The Morgan fingerprint density at radius 1 is 1.11 bits per heavy atom. The maximum atomic E-state index is 3.81. The highest BCUT2D eigenvalue weighted by Crippen LogP contribution is 2.17. The van der Waals surface area contributed by atoms with Gasteiger partial charge in [0.2, 0.25) is 0 Å². The smallest absolute Gasteiger partial charge is 0.0107 e. The molecule has 3 nitrogen and oxygen atoms in total. The molecule has 18 heavy (non-hydrogen) atoms. The summed E-state index contributed by atoms with van der Waals surface area (Å²) in [5.41, 5.74) is 0. The van der Waals surface area contributed by atoms with Gasteiger partial charge in [-0.1, -0.05) is 32.6 Å². The summed E-state index contributed by atoms with van der Waals surface area (Å²) >= 11 is 0. The van der Waals surface area contributed by atoms with Gasteiger partial charge >= 0.3 is 0 Å². The van der Waals surface area contributed by atoms with Gasteiger partial charge in [0.1, 0.15) is 0 Å². The van der Waals surface area contributed by atoms with Crippen LogP contribution in [0.4, 0.5) is 0 Å². The van der Waals surface area contributed by atoms with E-state index in [0.717, 1.165) is 12.0 Å². The van der Waals surface area contributed by atoms with Crippen molar-refractivity contribution in [3.63, 3.8) is 0 Å².